The zero-order valence-electron chi connectivity index (χ0n) is 11.2. The number of fused-ring (bicyclic) bond motifs is 1. The molecule has 0 N–H and O–H groups in total. The van der Waals surface area contributed by atoms with Gasteiger partial charge in [-0.2, -0.15) is 0 Å². The maximum absolute atomic E-state index is 13.3. The molecule has 20 heavy (non-hydrogen) atoms. The minimum absolute atomic E-state index is 0.128. The topological polar surface area (TPSA) is 34.6 Å². The molecule has 1 aliphatic rings. The molecule has 0 radical (unpaired) electrons. The third-order valence-electron chi connectivity index (χ3n) is 3.34. The van der Waals surface area contributed by atoms with Crippen LogP contribution in [0.1, 0.15) is 6.42 Å². The van der Waals surface area contributed by atoms with Crippen LogP contribution in [0.3, 0.4) is 0 Å². The maximum Gasteiger partial charge on any atom is 0.267 e. The summed E-state index contributed by atoms with van der Waals surface area (Å²) in [7, 11) is 3.13. The number of halogens is 2. The van der Waals surface area contributed by atoms with Crippen LogP contribution in [0.15, 0.2) is 12.1 Å². The number of hydrogen-bond acceptors (Lipinski definition) is 5. The second-order valence-corrected chi connectivity index (χ2v) is 5.65. The molecular formula is C13H14F2N2O2S. The third kappa shape index (κ3) is 2.15. The van der Waals surface area contributed by atoms with Gasteiger partial charge >= 0.3 is 0 Å². The predicted molar refractivity (Wildman–Crippen MR) is 74.5 cm³/mol. The summed E-state index contributed by atoms with van der Waals surface area (Å²) in [4.78, 5) is 6.06. The highest BCUT2D eigenvalue weighted by molar-refractivity contribution is 7.22. The second-order valence-electron chi connectivity index (χ2n) is 4.67. The molecule has 1 aromatic heterocycles. The monoisotopic (exact) mass is 300 g/mol. The Morgan fingerprint density at radius 3 is 2.55 bits per heavy atom. The fourth-order valence-corrected chi connectivity index (χ4v) is 3.41. The largest absolute Gasteiger partial charge is 0.495 e. The summed E-state index contributed by atoms with van der Waals surface area (Å²) < 4.78 is 38.0. The van der Waals surface area contributed by atoms with Crippen LogP contribution in [0.4, 0.5) is 13.9 Å². The molecule has 0 saturated carbocycles. The summed E-state index contributed by atoms with van der Waals surface area (Å²) in [5, 5.41) is 0.583. The lowest BCUT2D eigenvalue weighted by atomic mass is 10.3. The van der Waals surface area contributed by atoms with Crippen LogP contribution in [-0.4, -0.2) is 38.2 Å². The van der Waals surface area contributed by atoms with E-state index < -0.39 is 5.92 Å². The number of aromatic nitrogens is 1. The number of benzene rings is 1. The summed E-state index contributed by atoms with van der Waals surface area (Å²) in [5.74, 6) is -1.34. The SMILES string of the molecule is COc1ccc(OC)c2sc(N3CCC(F)(F)C3)nc12. The number of hydrogen-bond donors (Lipinski definition) is 0. The highest BCUT2D eigenvalue weighted by Crippen LogP contribution is 2.42. The molecule has 0 bridgehead atoms. The van der Waals surface area contributed by atoms with Crippen LogP contribution in [0, 0.1) is 0 Å². The highest BCUT2D eigenvalue weighted by Gasteiger charge is 2.39. The molecule has 1 aromatic carbocycles. The molecular weight excluding hydrogens is 286 g/mol. The van der Waals surface area contributed by atoms with E-state index in [-0.39, 0.29) is 13.0 Å². The van der Waals surface area contributed by atoms with E-state index in [1.54, 1.807) is 31.3 Å². The van der Waals surface area contributed by atoms with Crippen molar-refractivity contribution in [2.75, 3.05) is 32.2 Å². The van der Waals surface area contributed by atoms with Crippen molar-refractivity contribution in [3.8, 4) is 11.5 Å². The third-order valence-corrected chi connectivity index (χ3v) is 4.47. The van der Waals surface area contributed by atoms with Gasteiger partial charge in [0.2, 0.25) is 0 Å². The van der Waals surface area contributed by atoms with Crippen molar-refractivity contribution >= 4 is 26.7 Å². The van der Waals surface area contributed by atoms with Gasteiger partial charge in [0, 0.05) is 13.0 Å². The molecule has 7 heteroatoms. The van der Waals surface area contributed by atoms with Crippen molar-refractivity contribution in [1.82, 2.24) is 4.98 Å². The highest BCUT2D eigenvalue weighted by atomic mass is 32.1. The van der Waals surface area contributed by atoms with Crippen LogP contribution in [0.5, 0.6) is 11.5 Å². The minimum atomic E-state index is -2.63. The summed E-state index contributed by atoms with van der Waals surface area (Å²) in [6.07, 6.45) is -0.128. The number of nitrogens with zero attached hydrogens (tertiary/aromatic N) is 2. The van der Waals surface area contributed by atoms with Crippen LogP contribution >= 0.6 is 11.3 Å². The molecule has 0 unspecified atom stereocenters. The van der Waals surface area contributed by atoms with Crippen molar-refractivity contribution in [1.29, 1.82) is 0 Å². The molecule has 0 aliphatic carbocycles. The van der Waals surface area contributed by atoms with Crippen molar-refractivity contribution in [3.63, 3.8) is 0 Å². The molecule has 2 aromatic rings. The van der Waals surface area contributed by atoms with Gasteiger partial charge in [-0.25, -0.2) is 13.8 Å². The van der Waals surface area contributed by atoms with E-state index in [2.05, 4.69) is 4.98 Å². The smallest absolute Gasteiger partial charge is 0.267 e. The van der Waals surface area contributed by atoms with Crippen LogP contribution < -0.4 is 14.4 Å². The zero-order valence-corrected chi connectivity index (χ0v) is 12.0. The summed E-state index contributed by atoms with van der Waals surface area (Å²) in [6, 6.07) is 3.56. The molecule has 0 spiro atoms. The first-order valence-electron chi connectivity index (χ1n) is 6.18. The van der Waals surface area contributed by atoms with Gasteiger partial charge in [0.15, 0.2) is 5.13 Å². The normalized spacial score (nSPS) is 17.7. The Balaban J connectivity index is 2.06. The Bertz CT molecular complexity index is 604. The van der Waals surface area contributed by atoms with Crippen molar-refractivity contribution in [2.45, 2.75) is 12.3 Å². The maximum atomic E-state index is 13.3. The van der Waals surface area contributed by atoms with Gasteiger partial charge in [0.05, 0.1) is 20.8 Å². The Hall–Kier alpha value is -1.63. The molecule has 1 fully saturated rings. The molecule has 2 heterocycles. The number of ether oxygens (including phenoxy) is 2. The van der Waals surface area contributed by atoms with E-state index in [1.165, 1.54) is 11.3 Å². The van der Waals surface area contributed by atoms with E-state index in [4.69, 9.17) is 9.47 Å². The van der Waals surface area contributed by atoms with Gasteiger partial charge in [-0.3, -0.25) is 0 Å². The van der Waals surface area contributed by atoms with E-state index in [0.717, 1.165) is 4.70 Å². The average Bonchev–Trinajstić information content (AvgIpc) is 3.00. The lowest BCUT2D eigenvalue weighted by molar-refractivity contribution is 0.0257. The molecule has 108 valence electrons. The first kappa shape index (κ1) is 13.4. The standard InChI is InChI=1S/C13H14F2N2O2S/c1-18-8-3-4-9(19-2)11-10(8)16-12(20-11)17-6-5-13(14,15)7-17/h3-4H,5-7H2,1-2H3. The number of thiazole rings is 1. The van der Waals surface area contributed by atoms with E-state index in [9.17, 15) is 8.78 Å². The van der Waals surface area contributed by atoms with Gasteiger partial charge < -0.3 is 14.4 Å². The van der Waals surface area contributed by atoms with Crippen LogP contribution in [-0.2, 0) is 0 Å². The Morgan fingerprint density at radius 1 is 1.25 bits per heavy atom. The van der Waals surface area contributed by atoms with Crippen LogP contribution in [0.25, 0.3) is 10.2 Å². The van der Waals surface area contributed by atoms with E-state index in [0.29, 0.717) is 28.7 Å². The summed E-state index contributed by atoms with van der Waals surface area (Å²) in [6.45, 7) is 0.0366. The van der Waals surface area contributed by atoms with Crippen LogP contribution in [0.2, 0.25) is 0 Å². The zero-order chi connectivity index (χ0) is 14.3. The molecule has 1 saturated heterocycles. The Labute approximate surface area is 118 Å². The first-order chi connectivity index (χ1) is 9.54. The number of methoxy groups -OCH3 is 2. The number of rotatable bonds is 3. The van der Waals surface area contributed by atoms with Gasteiger partial charge in [-0.15, -0.1) is 0 Å². The quantitative estimate of drug-likeness (QED) is 0.872. The Kier molecular flexibility index (Phi) is 3.16. The van der Waals surface area contributed by atoms with Gasteiger partial charge in [-0.05, 0) is 12.1 Å². The molecule has 0 atom stereocenters. The number of alkyl halides is 2. The van der Waals surface area contributed by atoms with Gasteiger partial charge in [0.25, 0.3) is 5.92 Å². The lowest BCUT2D eigenvalue weighted by Crippen LogP contribution is -2.24. The van der Waals surface area contributed by atoms with Crippen molar-refractivity contribution < 1.29 is 18.3 Å². The second kappa shape index (κ2) is 4.73. The number of anilines is 1. The minimum Gasteiger partial charge on any atom is -0.495 e. The molecule has 0 amide bonds. The van der Waals surface area contributed by atoms with Gasteiger partial charge in [0.1, 0.15) is 21.7 Å². The molecule has 4 nitrogen and oxygen atoms in total. The summed E-state index contributed by atoms with van der Waals surface area (Å²) in [5.41, 5.74) is 0.655. The fraction of sp³-hybridized carbons (Fsp3) is 0.462. The van der Waals surface area contributed by atoms with E-state index in [1.807, 2.05) is 0 Å². The fourth-order valence-electron chi connectivity index (χ4n) is 2.31. The molecule has 3 rings (SSSR count). The first-order valence-corrected chi connectivity index (χ1v) is 7.00. The Morgan fingerprint density at radius 2 is 1.95 bits per heavy atom. The molecule has 1 aliphatic heterocycles. The predicted octanol–water partition coefficient (Wildman–Crippen LogP) is 3.16. The lowest BCUT2D eigenvalue weighted by Gasteiger charge is -2.13. The van der Waals surface area contributed by atoms with Gasteiger partial charge in [-0.1, -0.05) is 11.3 Å². The average molecular weight is 300 g/mol. The van der Waals surface area contributed by atoms with E-state index >= 15 is 0 Å². The van der Waals surface area contributed by atoms with Crippen molar-refractivity contribution in [2.24, 2.45) is 0 Å². The van der Waals surface area contributed by atoms with Crippen molar-refractivity contribution in [3.05, 3.63) is 12.1 Å². The summed E-state index contributed by atoms with van der Waals surface area (Å²) >= 11 is 1.35.